The molecule has 0 spiro atoms. The van der Waals surface area contributed by atoms with Gasteiger partial charge in [-0.2, -0.15) is 0 Å². The minimum atomic E-state index is -0.997. The molecule has 2 fully saturated rings. The average molecular weight is 361 g/mol. The summed E-state index contributed by atoms with van der Waals surface area (Å²) in [6.45, 7) is 1.87. The fourth-order valence-corrected chi connectivity index (χ4v) is 5.04. The van der Waals surface area contributed by atoms with Gasteiger partial charge in [0.25, 0.3) is 11.5 Å². The van der Waals surface area contributed by atoms with E-state index in [4.69, 9.17) is 0 Å². The van der Waals surface area contributed by atoms with Gasteiger partial charge in [0.15, 0.2) is 4.96 Å². The maximum atomic E-state index is 13.1. The first-order chi connectivity index (χ1) is 12.0. The highest BCUT2D eigenvalue weighted by atomic mass is 32.1. The molecule has 132 valence electrons. The summed E-state index contributed by atoms with van der Waals surface area (Å²) in [4.78, 5) is 44.6. The molecule has 1 amide bonds. The van der Waals surface area contributed by atoms with Crippen LogP contribution in [0.4, 0.5) is 0 Å². The number of hydrogen-bond acceptors (Lipinski definition) is 5. The van der Waals surface area contributed by atoms with Crippen LogP contribution in [0.1, 0.15) is 47.3 Å². The van der Waals surface area contributed by atoms with Crippen molar-refractivity contribution in [3.63, 3.8) is 0 Å². The lowest BCUT2D eigenvalue weighted by molar-refractivity contribution is -0.141. The summed E-state index contributed by atoms with van der Waals surface area (Å²) in [5.41, 5.74) is -0.476. The Morgan fingerprint density at radius 2 is 2.08 bits per heavy atom. The van der Waals surface area contributed by atoms with Crippen molar-refractivity contribution in [3.05, 3.63) is 33.2 Å². The number of carboxylic acid groups (broad SMARTS) is 1. The number of likely N-dealkylation sites (tertiary alicyclic amines) is 1. The van der Waals surface area contributed by atoms with Gasteiger partial charge in [0.1, 0.15) is 11.6 Å². The molecule has 25 heavy (non-hydrogen) atoms. The van der Waals surface area contributed by atoms with E-state index in [1.54, 1.807) is 6.20 Å². The third-order valence-electron chi connectivity index (χ3n) is 5.36. The fourth-order valence-electron chi connectivity index (χ4n) is 4.25. The van der Waals surface area contributed by atoms with E-state index in [1.807, 2.05) is 6.92 Å². The predicted octanol–water partition coefficient (Wildman–Crippen LogP) is 1.92. The average Bonchev–Trinajstić information content (AvgIpc) is 3.15. The molecule has 1 saturated carbocycles. The number of fused-ring (bicyclic) bond motifs is 2. The van der Waals surface area contributed by atoms with Gasteiger partial charge in [-0.3, -0.25) is 14.0 Å². The topological polar surface area (TPSA) is 92.0 Å². The van der Waals surface area contributed by atoms with Crippen molar-refractivity contribution in [1.29, 1.82) is 0 Å². The largest absolute Gasteiger partial charge is 0.480 e. The number of carbonyl (C=O) groups is 2. The molecule has 3 heterocycles. The Hall–Kier alpha value is -2.22. The number of rotatable bonds is 2. The lowest BCUT2D eigenvalue weighted by Gasteiger charge is -2.32. The highest BCUT2D eigenvalue weighted by Gasteiger charge is 2.48. The standard InChI is InChI=1S/C17H19N3O4S/c1-9-8-19-14(21)11(7-18-17(19)25-9)15(22)20-12-5-3-2-4-10(12)6-13(20)16(23)24/h7-8,10,12-13H,2-6H2,1H3,(H,23,24). The third kappa shape index (κ3) is 2.55. The van der Waals surface area contributed by atoms with Crippen LogP contribution in [-0.4, -0.2) is 43.4 Å². The zero-order valence-corrected chi connectivity index (χ0v) is 14.7. The highest BCUT2D eigenvalue weighted by molar-refractivity contribution is 7.16. The van der Waals surface area contributed by atoms with E-state index in [2.05, 4.69) is 4.98 Å². The number of nitrogens with zero attached hydrogens (tertiary/aromatic N) is 3. The van der Waals surface area contributed by atoms with E-state index in [-0.39, 0.29) is 17.5 Å². The molecule has 2 aliphatic rings. The Morgan fingerprint density at radius 1 is 1.32 bits per heavy atom. The molecular weight excluding hydrogens is 342 g/mol. The molecule has 3 atom stereocenters. The lowest BCUT2D eigenvalue weighted by Crippen LogP contribution is -2.47. The van der Waals surface area contributed by atoms with E-state index >= 15 is 0 Å². The van der Waals surface area contributed by atoms with Crippen molar-refractivity contribution in [2.45, 2.75) is 51.1 Å². The molecule has 1 saturated heterocycles. The number of thiazole rings is 1. The summed E-state index contributed by atoms with van der Waals surface area (Å²) in [6, 6.07) is -0.948. The van der Waals surface area contributed by atoms with Crippen molar-refractivity contribution in [2.75, 3.05) is 0 Å². The van der Waals surface area contributed by atoms with Gasteiger partial charge < -0.3 is 10.0 Å². The predicted molar refractivity (Wildman–Crippen MR) is 92.0 cm³/mol. The maximum Gasteiger partial charge on any atom is 0.326 e. The highest BCUT2D eigenvalue weighted by Crippen LogP contribution is 2.40. The Labute approximate surface area is 147 Å². The SMILES string of the molecule is Cc1cn2c(=O)c(C(=O)N3C(C(=O)O)CC4CCCCC43)cnc2s1. The van der Waals surface area contributed by atoms with Gasteiger partial charge >= 0.3 is 5.97 Å². The molecule has 4 rings (SSSR count). The summed E-state index contributed by atoms with van der Waals surface area (Å²) in [6.07, 6.45) is 7.23. The first-order valence-corrected chi connectivity index (χ1v) is 9.32. The van der Waals surface area contributed by atoms with Crippen molar-refractivity contribution in [1.82, 2.24) is 14.3 Å². The Morgan fingerprint density at radius 3 is 2.84 bits per heavy atom. The van der Waals surface area contributed by atoms with Crippen LogP contribution in [0.25, 0.3) is 4.96 Å². The van der Waals surface area contributed by atoms with E-state index in [9.17, 15) is 19.5 Å². The first kappa shape index (κ1) is 16.3. The summed E-state index contributed by atoms with van der Waals surface area (Å²) in [7, 11) is 0. The molecule has 8 heteroatoms. The van der Waals surface area contributed by atoms with Crippen molar-refractivity contribution in [2.24, 2.45) is 5.92 Å². The molecule has 3 unspecified atom stereocenters. The number of aryl methyl sites for hydroxylation is 1. The Balaban J connectivity index is 1.77. The second-order valence-electron chi connectivity index (χ2n) is 6.89. The zero-order chi connectivity index (χ0) is 17.7. The monoisotopic (exact) mass is 361 g/mol. The van der Waals surface area contributed by atoms with Crippen LogP contribution in [0.5, 0.6) is 0 Å². The number of carbonyl (C=O) groups excluding carboxylic acids is 1. The smallest absolute Gasteiger partial charge is 0.326 e. The van der Waals surface area contributed by atoms with Gasteiger partial charge in [0.05, 0.1) is 0 Å². The van der Waals surface area contributed by atoms with Gasteiger partial charge in [-0.25, -0.2) is 9.78 Å². The van der Waals surface area contributed by atoms with E-state index < -0.39 is 23.5 Å². The van der Waals surface area contributed by atoms with Gasteiger partial charge in [-0.05, 0) is 32.1 Å². The summed E-state index contributed by atoms with van der Waals surface area (Å²) >= 11 is 1.38. The van der Waals surface area contributed by atoms with Crippen molar-refractivity contribution < 1.29 is 14.7 Å². The zero-order valence-electron chi connectivity index (χ0n) is 13.8. The number of hydrogen-bond donors (Lipinski definition) is 1. The molecule has 2 aromatic rings. The molecule has 1 aliphatic carbocycles. The third-order valence-corrected chi connectivity index (χ3v) is 6.27. The second kappa shape index (κ2) is 5.94. The van der Waals surface area contributed by atoms with Crippen LogP contribution in [-0.2, 0) is 4.79 Å². The second-order valence-corrected chi connectivity index (χ2v) is 8.10. The first-order valence-electron chi connectivity index (χ1n) is 8.50. The van der Waals surface area contributed by atoms with Gasteiger partial charge in [0.2, 0.25) is 0 Å². The van der Waals surface area contributed by atoms with Crippen molar-refractivity contribution in [3.8, 4) is 0 Å². The minimum Gasteiger partial charge on any atom is -0.480 e. The number of amides is 1. The van der Waals surface area contributed by atoms with Crippen LogP contribution in [0.2, 0.25) is 0 Å². The van der Waals surface area contributed by atoms with Crippen LogP contribution < -0.4 is 5.56 Å². The molecule has 0 aromatic carbocycles. The lowest BCUT2D eigenvalue weighted by atomic mass is 9.84. The minimum absolute atomic E-state index is 0.0484. The molecule has 1 aliphatic heterocycles. The quantitative estimate of drug-likeness (QED) is 0.882. The number of aromatic nitrogens is 2. The molecule has 7 nitrogen and oxygen atoms in total. The molecule has 1 N–H and O–H groups in total. The van der Waals surface area contributed by atoms with Gasteiger partial charge in [-0.15, -0.1) is 11.3 Å². The normalized spacial score (nSPS) is 26.0. The summed E-state index contributed by atoms with van der Waals surface area (Å²) in [5, 5.41) is 9.58. The van der Waals surface area contributed by atoms with E-state index in [1.165, 1.54) is 26.8 Å². The fraction of sp³-hybridized carbons (Fsp3) is 0.529. The van der Waals surface area contributed by atoms with Crippen LogP contribution in [0.15, 0.2) is 17.2 Å². The molecular formula is C17H19N3O4S. The van der Waals surface area contributed by atoms with E-state index in [0.717, 1.165) is 30.6 Å². The Kier molecular flexibility index (Phi) is 3.87. The van der Waals surface area contributed by atoms with Crippen LogP contribution in [0, 0.1) is 12.8 Å². The van der Waals surface area contributed by atoms with Crippen LogP contribution >= 0.6 is 11.3 Å². The molecule has 0 bridgehead atoms. The summed E-state index contributed by atoms with van der Waals surface area (Å²) < 4.78 is 1.37. The number of aliphatic carboxylic acids is 1. The number of carboxylic acids is 1. The maximum absolute atomic E-state index is 13.1. The molecule has 2 aromatic heterocycles. The van der Waals surface area contributed by atoms with Gasteiger partial charge in [-0.1, -0.05) is 12.8 Å². The van der Waals surface area contributed by atoms with Crippen LogP contribution in [0.3, 0.4) is 0 Å². The Bertz CT molecular complexity index is 918. The van der Waals surface area contributed by atoms with Crippen molar-refractivity contribution >= 4 is 28.2 Å². The summed E-state index contributed by atoms with van der Waals surface area (Å²) in [5.74, 6) is -1.29. The van der Waals surface area contributed by atoms with Gasteiger partial charge in [0, 0.05) is 23.3 Å². The molecule has 0 radical (unpaired) electrons. The van der Waals surface area contributed by atoms with E-state index in [0.29, 0.717) is 11.4 Å².